The van der Waals surface area contributed by atoms with Crippen LogP contribution in [0, 0.1) is 5.92 Å². The Morgan fingerprint density at radius 1 is 1.47 bits per heavy atom. The number of hydrogen-bond donors (Lipinski definition) is 1. The van der Waals surface area contributed by atoms with Gasteiger partial charge >= 0.3 is 0 Å². The second kappa shape index (κ2) is 5.67. The molecule has 17 heavy (non-hydrogen) atoms. The highest BCUT2D eigenvalue weighted by molar-refractivity contribution is 5.10. The van der Waals surface area contributed by atoms with Crippen LogP contribution in [0.25, 0.3) is 0 Å². The summed E-state index contributed by atoms with van der Waals surface area (Å²) in [5, 5.41) is 8.23. The lowest BCUT2D eigenvalue weighted by Crippen LogP contribution is -2.37. The molecule has 1 unspecified atom stereocenters. The number of hydrogen-bond acceptors (Lipinski definition) is 2. The summed E-state index contributed by atoms with van der Waals surface area (Å²) in [5.41, 5.74) is 2.54. The second-order valence-electron chi connectivity index (χ2n) is 5.16. The first-order valence-electron chi connectivity index (χ1n) is 7.03. The molecule has 0 bridgehead atoms. The van der Waals surface area contributed by atoms with Gasteiger partial charge in [-0.3, -0.25) is 4.68 Å². The minimum absolute atomic E-state index is 0.647. The first-order chi connectivity index (χ1) is 8.24. The smallest absolute Gasteiger partial charge is 0.0625 e. The molecule has 0 aliphatic heterocycles. The average molecular weight is 235 g/mol. The summed E-state index contributed by atoms with van der Waals surface area (Å²) in [6, 6.07) is 2.89. The Hall–Kier alpha value is -0.830. The van der Waals surface area contributed by atoms with Gasteiger partial charge in [0.15, 0.2) is 0 Å². The number of nitrogens with zero attached hydrogens (tertiary/aromatic N) is 2. The third-order valence-corrected chi connectivity index (χ3v) is 4.04. The number of rotatable bonds is 6. The molecule has 3 heteroatoms. The lowest BCUT2D eigenvalue weighted by Gasteiger charge is -2.32. The number of aromatic nitrogens is 2. The third-order valence-electron chi connectivity index (χ3n) is 4.04. The van der Waals surface area contributed by atoms with Crippen LogP contribution in [0.3, 0.4) is 0 Å². The van der Waals surface area contributed by atoms with Crippen molar-refractivity contribution in [2.45, 2.75) is 65.6 Å². The van der Waals surface area contributed by atoms with E-state index in [1.54, 1.807) is 0 Å². The van der Waals surface area contributed by atoms with Crippen LogP contribution in [0.1, 0.15) is 51.4 Å². The molecule has 0 radical (unpaired) electrons. The lowest BCUT2D eigenvalue weighted by molar-refractivity contribution is 0.239. The van der Waals surface area contributed by atoms with Crippen LogP contribution in [0.4, 0.5) is 0 Å². The van der Waals surface area contributed by atoms with Gasteiger partial charge in [0.2, 0.25) is 0 Å². The van der Waals surface area contributed by atoms with Crippen molar-refractivity contribution in [3.8, 4) is 0 Å². The van der Waals surface area contributed by atoms with Crippen molar-refractivity contribution >= 4 is 0 Å². The molecule has 0 aromatic carbocycles. The fourth-order valence-corrected chi connectivity index (χ4v) is 2.48. The number of aryl methyl sites for hydroxylation is 2. The maximum atomic E-state index is 4.58. The van der Waals surface area contributed by atoms with E-state index in [0.29, 0.717) is 6.04 Å². The summed E-state index contributed by atoms with van der Waals surface area (Å²) >= 11 is 0. The van der Waals surface area contributed by atoms with Crippen LogP contribution < -0.4 is 5.32 Å². The van der Waals surface area contributed by atoms with Crippen LogP contribution in [0.5, 0.6) is 0 Å². The molecule has 1 heterocycles. The highest BCUT2D eigenvalue weighted by Crippen LogP contribution is 2.29. The fourth-order valence-electron chi connectivity index (χ4n) is 2.48. The molecular weight excluding hydrogens is 210 g/mol. The van der Waals surface area contributed by atoms with Crippen LogP contribution in [-0.4, -0.2) is 15.8 Å². The summed E-state index contributed by atoms with van der Waals surface area (Å²) in [7, 11) is 0. The summed E-state index contributed by atoms with van der Waals surface area (Å²) in [6.07, 6.45) is 5.25. The van der Waals surface area contributed by atoms with Gasteiger partial charge < -0.3 is 5.32 Å². The quantitative estimate of drug-likeness (QED) is 0.821. The van der Waals surface area contributed by atoms with Gasteiger partial charge in [-0.2, -0.15) is 5.10 Å². The van der Waals surface area contributed by atoms with E-state index in [4.69, 9.17) is 0 Å². The average Bonchev–Trinajstić information content (AvgIpc) is 2.66. The summed E-state index contributed by atoms with van der Waals surface area (Å²) < 4.78 is 2.12. The van der Waals surface area contributed by atoms with Crippen LogP contribution in [0.2, 0.25) is 0 Å². The second-order valence-corrected chi connectivity index (χ2v) is 5.16. The minimum Gasteiger partial charge on any atom is -0.308 e. The molecule has 3 nitrogen and oxygen atoms in total. The summed E-state index contributed by atoms with van der Waals surface area (Å²) in [6.45, 7) is 8.56. The van der Waals surface area contributed by atoms with Gasteiger partial charge in [0.25, 0.3) is 0 Å². The molecule has 96 valence electrons. The Morgan fingerprint density at radius 3 is 2.76 bits per heavy atom. The highest BCUT2D eigenvalue weighted by atomic mass is 15.3. The predicted molar refractivity (Wildman–Crippen MR) is 70.9 cm³/mol. The van der Waals surface area contributed by atoms with Gasteiger partial charge in [0.1, 0.15) is 0 Å². The van der Waals surface area contributed by atoms with Crippen LogP contribution in [0.15, 0.2) is 6.07 Å². The van der Waals surface area contributed by atoms with Gasteiger partial charge in [-0.05, 0) is 45.1 Å². The van der Waals surface area contributed by atoms with Crippen molar-refractivity contribution in [2.75, 3.05) is 0 Å². The summed E-state index contributed by atoms with van der Waals surface area (Å²) in [5.74, 6) is 0.902. The highest BCUT2D eigenvalue weighted by Gasteiger charge is 2.23. The molecule has 1 fully saturated rings. The monoisotopic (exact) mass is 235 g/mol. The fraction of sp³-hybridized carbons (Fsp3) is 0.786. The van der Waals surface area contributed by atoms with E-state index in [1.165, 1.54) is 30.7 Å². The predicted octanol–water partition coefficient (Wildman–Crippen LogP) is 2.74. The molecule has 1 aliphatic carbocycles. The molecular formula is C14H25N3. The van der Waals surface area contributed by atoms with E-state index in [0.717, 1.165) is 25.4 Å². The van der Waals surface area contributed by atoms with E-state index in [-0.39, 0.29) is 0 Å². The molecule has 0 saturated heterocycles. The molecule has 0 spiro atoms. The minimum atomic E-state index is 0.647. The first-order valence-corrected chi connectivity index (χ1v) is 7.03. The molecule has 2 rings (SSSR count). The van der Waals surface area contributed by atoms with Crippen LogP contribution >= 0.6 is 0 Å². The molecule has 1 N–H and O–H groups in total. The van der Waals surface area contributed by atoms with Gasteiger partial charge in [0, 0.05) is 19.1 Å². The van der Waals surface area contributed by atoms with Crippen molar-refractivity contribution in [3.05, 3.63) is 17.5 Å². The van der Waals surface area contributed by atoms with E-state index in [1.807, 2.05) is 0 Å². The Kier molecular flexibility index (Phi) is 4.21. The van der Waals surface area contributed by atoms with Crippen molar-refractivity contribution < 1.29 is 0 Å². The Bertz CT molecular complexity index is 352. The molecule has 1 aromatic heterocycles. The lowest BCUT2D eigenvalue weighted by atomic mass is 9.80. The zero-order chi connectivity index (χ0) is 12.3. The molecule has 0 amide bonds. The maximum absolute atomic E-state index is 4.58. The van der Waals surface area contributed by atoms with Gasteiger partial charge in [0.05, 0.1) is 11.4 Å². The SMILES string of the molecule is CCc1cc(CNC(C)C2CCC2)n(CC)n1. The van der Waals surface area contributed by atoms with E-state index >= 15 is 0 Å². The van der Waals surface area contributed by atoms with Gasteiger partial charge in [-0.15, -0.1) is 0 Å². The van der Waals surface area contributed by atoms with Gasteiger partial charge in [-0.1, -0.05) is 13.3 Å². The van der Waals surface area contributed by atoms with Gasteiger partial charge in [-0.25, -0.2) is 0 Å². The van der Waals surface area contributed by atoms with Crippen molar-refractivity contribution in [1.29, 1.82) is 0 Å². The zero-order valence-electron chi connectivity index (χ0n) is 11.4. The largest absolute Gasteiger partial charge is 0.308 e. The molecule has 1 aliphatic rings. The number of nitrogens with one attached hydrogen (secondary N) is 1. The maximum Gasteiger partial charge on any atom is 0.0625 e. The standard InChI is InChI=1S/C14H25N3/c1-4-13-9-14(17(5-2)16-13)10-15-11(3)12-7-6-8-12/h9,11-12,15H,4-8,10H2,1-3H3. The Labute approximate surface area is 105 Å². The topological polar surface area (TPSA) is 29.9 Å². The summed E-state index contributed by atoms with van der Waals surface area (Å²) in [4.78, 5) is 0. The molecule has 1 aromatic rings. The van der Waals surface area contributed by atoms with Crippen molar-refractivity contribution in [1.82, 2.24) is 15.1 Å². The Balaban J connectivity index is 1.90. The van der Waals surface area contributed by atoms with Crippen molar-refractivity contribution in [2.24, 2.45) is 5.92 Å². The zero-order valence-corrected chi connectivity index (χ0v) is 11.4. The molecule has 1 saturated carbocycles. The van der Waals surface area contributed by atoms with E-state index in [9.17, 15) is 0 Å². The molecule has 1 atom stereocenters. The Morgan fingerprint density at radius 2 is 2.24 bits per heavy atom. The normalized spacial score (nSPS) is 18.1. The first kappa shape index (κ1) is 12.6. The van der Waals surface area contributed by atoms with E-state index in [2.05, 4.69) is 41.9 Å². The third kappa shape index (κ3) is 2.89. The van der Waals surface area contributed by atoms with Crippen molar-refractivity contribution in [3.63, 3.8) is 0 Å². The van der Waals surface area contributed by atoms with Crippen LogP contribution in [-0.2, 0) is 19.5 Å². The van der Waals surface area contributed by atoms with E-state index < -0.39 is 0 Å².